The fraction of sp³-hybridized carbons (Fsp3) is 0.471. The smallest absolute Gasteiger partial charge is 0.228 e. The van der Waals surface area contributed by atoms with Crippen LogP contribution in [0.4, 0.5) is 5.95 Å². The minimum atomic E-state index is 0.756. The number of morpholine rings is 1. The molecule has 3 aromatic rings. The summed E-state index contributed by atoms with van der Waals surface area (Å²) in [5, 5.41) is 10.0. The number of ether oxygens (including phenoxy) is 1. The van der Waals surface area contributed by atoms with E-state index in [4.69, 9.17) is 9.72 Å². The first-order valence-electron chi connectivity index (χ1n) is 8.99. The Bertz CT molecular complexity index is 870. The Kier molecular flexibility index (Phi) is 4.04. The molecular formula is C17H22N8O. The lowest BCUT2D eigenvalue weighted by molar-refractivity contribution is 0.0308. The largest absolute Gasteiger partial charge is 0.379 e. The van der Waals surface area contributed by atoms with Crippen molar-refractivity contribution in [3.63, 3.8) is 0 Å². The summed E-state index contributed by atoms with van der Waals surface area (Å²) in [6.07, 6.45) is 3.43. The van der Waals surface area contributed by atoms with Crippen molar-refractivity contribution in [3.8, 4) is 0 Å². The van der Waals surface area contributed by atoms with Crippen molar-refractivity contribution in [2.45, 2.75) is 6.67 Å². The van der Waals surface area contributed by atoms with Crippen molar-refractivity contribution < 1.29 is 4.74 Å². The normalized spacial score (nSPS) is 19.2. The maximum absolute atomic E-state index is 5.45. The van der Waals surface area contributed by atoms with Gasteiger partial charge in [0.05, 0.1) is 37.6 Å². The van der Waals surface area contributed by atoms with Crippen molar-refractivity contribution in [2.75, 3.05) is 51.1 Å². The standard InChI is InChI=1S/C17H22N8O/c1-2-4-16-15(3-1)20-17-24(16)13-22(6-5-21-7-9-26-10-8-21)14-25(17)23-11-18-19-12-23/h1-4,11-12H,5-10,13-14H2. The number of hydrogen-bond acceptors (Lipinski definition) is 7. The monoisotopic (exact) mass is 354 g/mol. The van der Waals surface area contributed by atoms with Crippen LogP contribution < -0.4 is 5.01 Å². The van der Waals surface area contributed by atoms with Crippen molar-refractivity contribution in [3.05, 3.63) is 36.9 Å². The van der Waals surface area contributed by atoms with Crippen LogP contribution in [0, 0.1) is 0 Å². The number of rotatable bonds is 4. The summed E-state index contributed by atoms with van der Waals surface area (Å²) >= 11 is 0. The highest BCUT2D eigenvalue weighted by Crippen LogP contribution is 2.27. The van der Waals surface area contributed by atoms with E-state index in [1.807, 2.05) is 10.7 Å². The number of nitrogens with zero attached hydrogens (tertiary/aromatic N) is 8. The second kappa shape index (κ2) is 6.67. The number of anilines is 1. The number of benzene rings is 1. The summed E-state index contributed by atoms with van der Waals surface area (Å²) in [7, 11) is 0. The molecule has 0 unspecified atom stereocenters. The molecule has 1 aromatic carbocycles. The van der Waals surface area contributed by atoms with Gasteiger partial charge >= 0.3 is 0 Å². The molecule has 0 atom stereocenters. The lowest BCUT2D eigenvalue weighted by atomic mass is 10.3. The summed E-state index contributed by atoms with van der Waals surface area (Å²) in [6.45, 7) is 7.33. The molecule has 0 bridgehead atoms. The summed E-state index contributed by atoms with van der Waals surface area (Å²) < 4.78 is 9.61. The van der Waals surface area contributed by atoms with Crippen LogP contribution in [-0.4, -0.2) is 80.3 Å². The third kappa shape index (κ3) is 2.83. The Labute approximate surface area is 151 Å². The molecule has 0 spiro atoms. The van der Waals surface area contributed by atoms with Gasteiger partial charge in [0.15, 0.2) is 0 Å². The Morgan fingerprint density at radius 3 is 2.54 bits per heavy atom. The Hall–Kier alpha value is -2.49. The van der Waals surface area contributed by atoms with Crippen LogP contribution in [0.25, 0.3) is 11.0 Å². The second-order valence-electron chi connectivity index (χ2n) is 6.70. The predicted molar refractivity (Wildman–Crippen MR) is 96.5 cm³/mol. The fourth-order valence-corrected chi connectivity index (χ4v) is 3.64. The first kappa shape index (κ1) is 15.7. The average molecular weight is 354 g/mol. The molecule has 1 fully saturated rings. The molecule has 9 heteroatoms. The second-order valence-corrected chi connectivity index (χ2v) is 6.70. The third-order valence-electron chi connectivity index (χ3n) is 5.06. The van der Waals surface area contributed by atoms with E-state index in [2.05, 4.69) is 47.8 Å². The third-order valence-corrected chi connectivity index (χ3v) is 5.06. The van der Waals surface area contributed by atoms with Gasteiger partial charge in [-0.2, -0.15) is 0 Å². The van der Waals surface area contributed by atoms with Crippen LogP contribution in [-0.2, 0) is 11.4 Å². The zero-order valence-corrected chi connectivity index (χ0v) is 14.6. The Morgan fingerprint density at radius 2 is 1.69 bits per heavy atom. The van der Waals surface area contributed by atoms with E-state index in [9.17, 15) is 0 Å². The quantitative estimate of drug-likeness (QED) is 0.674. The molecule has 2 aliphatic rings. The molecule has 9 nitrogen and oxygen atoms in total. The maximum Gasteiger partial charge on any atom is 0.228 e. The first-order valence-corrected chi connectivity index (χ1v) is 8.99. The lowest BCUT2D eigenvalue weighted by Gasteiger charge is -2.38. The van der Waals surface area contributed by atoms with Crippen molar-refractivity contribution in [2.24, 2.45) is 0 Å². The molecule has 136 valence electrons. The molecule has 0 N–H and O–H groups in total. The molecular weight excluding hydrogens is 332 g/mol. The van der Waals surface area contributed by atoms with Gasteiger partial charge in [0.2, 0.25) is 5.95 Å². The van der Waals surface area contributed by atoms with Crippen molar-refractivity contribution in [1.82, 2.24) is 34.2 Å². The number of fused-ring (bicyclic) bond motifs is 3. The van der Waals surface area contributed by atoms with Crippen LogP contribution in [0.15, 0.2) is 36.9 Å². The van der Waals surface area contributed by atoms with Crippen molar-refractivity contribution >= 4 is 17.0 Å². The minimum Gasteiger partial charge on any atom is -0.379 e. The molecule has 0 radical (unpaired) electrons. The van der Waals surface area contributed by atoms with Crippen molar-refractivity contribution in [1.29, 1.82) is 0 Å². The molecule has 4 heterocycles. The number of hydrogen-bond donors (Lipinski definition) is 0. The summed E-state index contributed by atoms with van der Waals surface area (Å²) in [5.41, 5.74) is 2.16. The van der Waals surface area contributed by atoms with Gasteiger partial charge in [-0.3, -0.25) is 14.4 Å². The van der Waals surface area contributed by atoms with E-state index in [1.54, 1.807) is 12.7 Å². The number of imidazole rings is 1. The van der Waals surface area contributed by atoms with Gasteiger partial charge in [-0.15, -0.1) is 10.2 Å². The SMILES string of the molecule is c1ccc2c(c1)nc1n2CN(CCN2CCOCC2)CN1n1cnnc1. The fourth-order valence-electron chi connectivity index (χ4n) is 3.64. The van der Waals surface area contributed by atoms with E-state index in [0.717, 1.165) is 69.7 Å². The Balaban J connectivity index is 1.43. The highest BCUT2D eigenvalue weighted by Gasteiger charge is 2.27. The summed E-state index contributed by atoms with van der Waals surface area (Å²) in [5.74, 6) is 0.925. The van der Waals surface area contributed by atoms with Gasteiger partial charge in [-0.1, -0.05) is 12.1 Å². The minimum absolute atomic E-state index is 0.756. The molecule has 0 saturated carbocycles. The highest BCUT2D eigenvalue weighted by atomic mass is 16.5. The maximum atomic E-state index is 5.45. The van der Waals surface area contributed by atoms with Gasteiger partial charge in [0.1, 0.15) is 12.7 Å². The lowest BCUT2D eigenvalue weighted by Crippen LogP contribution is -2.50. The van der Waals surface area contributed by atoms with Gasteiger partial charge in [0, 0.05) is 26.2 Å². The molecule has 2 aromatic heterocycles. The average Bonchev–Trinajstić information content (AvgIpc) is 3.35. The molecule has 1 saturated heterocycles. The van der Waals surface area contributed by atoms with Gasteiger partial charge in [-0.25, -0.2) is 14.7 Å². The van der Waals surface area contributed by atoms with Gasteiger partial charge in [-0.05, 0) is 12.1 Å². The van der Waals surface area contributed by atoms with E-state index >= 15 is 0 Å². The molecule has 2 aliphatic heterocycles. The summed E-state index contributed by atoms with van der Waals surface area (Å²) in [6, 6.07) is 8.28. The van der Waals surface area contributed by atoms with E-state index in [-0.39, 0.29) is 0 Å². The van der Waals surface area contributed by atoms with Crippen LogP contribution in [0.5, 0.6) is 0 Å². The number of aromatic nitrogens is 5. The highest BCUT2D eigenvalue weighted by molar-refractivity contribution is 5.78. The Morgan fingerprint density at radius 1 is 0.923 bits per heavy atom. The van der Waals surface area contributed by atoms with Crippen LogP contribution >= 0.6 is 0 Å². The van der Waals surface area contributed by atoms with Crippen LogP contribution in [0.1, 0.15) is 0 Å². The number of para-hydroxylation sites is 2. The van der Waals surface area contributed by atoms with Crippen LogP contribution in [0.3, 0.4) is 0 Å². The van der Waals surface area contributed by atoms with E-state index in [0.29, 0.717) is 0 Å². The zero-order chi connectivity index (χ0) is 17.3. The molecule has 0 aliphatic carbocycles. The van der Waals surface area contributed by atoms with E-state index in [1.165, 1.54) is 0 Å². The molecule has 26 heavy (non-hydrogen) atoms. The zero-order valence-electron chi connectivity index (χ0n) is 14.6. The van der Waals surface area contributed by atoms with Gasteiger partial charge in [0.25, 0.3) is 0 Å². The van der Waals surface area contributed by atoms with E-state index < -0.39 is 0 Å². The van der Waals surface area contributed by atoms with Crippen LogP contribution in [0.2, 0.25) is 0 Å². The van der Waals surface area contributed by atoms with Gasteiger partial charge < -0.3 is 4.74 Å². The first-order chi connectivity index (χ1) is 12.9. The molecule has 0 amide bonds. The predicted octanol–water partition coefficient (Wildman–Crippen LogP) is 0.460. The molecule has 5 rings (SSSR count). The topological polar surface area (TPSA) is 67.5 Å². The summed E-state index contributed by atoms with van der Waals surface area (Å²) in [4.78, 5) is 9.73.